The summed E-state index contributed by atoms with van der Waals surface area (Å²) in [6, 6.07) is 9.98. The number of amides is 2. The fourth-order valence-electron chi connectivity index (χ4n) is 1.56. The molecule has 21 heavy (non-hydrogen) atoms. The minimum atomic E-state index is -0.785. The smallest absolute Gasteiger partial charge is 0.286 e. The number of hydrogen-bond donors (Lipinski definition) is 3. The topological polar surface area (TPSA) is 83.2 Å². The van der Waals surface area contributed by atoms with Crippen LogP contribution >= 0.6 is 11.6 Å². The van der Waals surface area contributed by atoms with Gasteiger partial charge in [-0.05, 0) is 37.3 Å². The molecule has 2 rings (SSSR count). The molecule has 3 N–H and O–H groups in total. The van der Waals surface area contributed by atoms with Crippen LogP contribution in [0.1, 0.15) is 17.4 Å². The van der Waals surface area contributed by atoms with Crippen molar-refractivity contribution in [3.63, 3.8) is 0 Å². The molecular weight excluding hydrogens is 294 g/mol. The highest BCUT2D eigenvalue weighted by Crippen LogP contribution is 2.18. The van der Waals surface area contributed by atoms with E-state index < -0.39 is 17.9 Å². The van der Waals surface area contributed by atoms with Crippen molar-refractivity contribution in [3.05, 3.63) is 53.3 Å². The van der Waals surface area contributed by atoms with Crippen molar-refractivity contribution in [1.82, 2.24) is 15.8 Å². The van der Waals surface area contributed by atoms with Crippen molar-refractivity contribution in [2.75, 3.05) is 0 Å². The summed E-state index contributed by atoms with van der Waals surface area (Å²) >= 11 is 5.83. The summed E-state index contributed by atoms with van der Waals surface area (Å²) in [5.74, 6) is -0.445. The lowest BCUT2D eigenvalue weighted by molar-refractivity contribution is -0.128. The van der Waals surface area contributed by atoms with Gasteiger partial charge in [0.1, 0.15) is 11.4 Å². The van der Waals surface area contributed by atoms with Gasteiger partial charge >= 0.3 is 0 Å². The van der Waals surface area contributed by atoms with Crippen molar-refractivity contribution in [2.24, 2.45) is 0 Å². The fourth-order valence-corrected chi connectivity index (χ4v) is 1.74. The summed E-state index contributed by atoms with van der Waals surface area (Å²) in [7, 11) is 0. The number of aromatic amines is 1. The summed E-state index contributed by atoms with van der Waals surface area (Å²) in [5, 5.41) is 0.514. The first-order chi connectivity index (χ1) is 10.1. The lowest BCUT2D eigenvalue weighted by atomic mass is 10.3. The Morgan fingerprint density at radius 2 is 2.05 bits per heavy atom. The van der Waals surface area contributed by atoms with Crippen molar-refractivity contribution >= 4 is 23.4 Å². The molecule has 1 aromatic heterocycles. The molecule has 1 aromatic carbocycles. The minimum Gasteiger partial charge on any atom is -0.481 e. The van der Waals surface area contributed by atoms with E-state index in [1.807, 2.05) is 0 Å². The number of benzene rings is 1. The molecule has 0 bridgehead atoms. The van der Waals surface area contributed by atoms with Crippen LogP contribution < -0.4 is 15.6 Å². The second kappa shape index (κ2) is 6.81. The molecule has 0 fully saturated rings. The van der Waals surface area contributed by atoms with Crippen molar-refractivity contribution in [1.29, 1.82) is 0 Å². The summed E-state index contributed by atoms with van der Waals surface area (Å²) < 4.78 is 5.42. The molecule has 0 aliphatic carbocycles. The normalized spacial score (nSPS) is 11.5. The summed E-state index contributed by atoms with van der Waals surface area (Å²) in [4.78, 5) is 26.2. The van der Waals surface area contributed by atoms with Gasteiger partial charge < -0.3 is 9.72 Å². The molecule has 1 heterocycles. The third-order valence-corrected chi connectivity index (χ3v) is 2.86. The van der Waals surface area contributed by atoms with E-state index in [0.717, 1.165) is 0 Å². The zero-order valence-corrected chi connectivity index (χ0v) is 12.0. The van der Waals surface area contributed by atoms with Crippen LogP contribution in [-0.4, -0.2) is 22.9 Å². The first-order valence-corrected chi connectivity index (χ1v) is 6.60. The Hall–Kier alpha value is -2.47. The van der Waals surface area contributed by atoms with Crippen LogP contribution in [0, 0.1) is 0 Å². The molecule has 1 unspecified atom stereocenters. The molecule has 2 aromatic rings. The second-order valence-corrected chi connectivity index (χ2v) is 4.68. The Morgan fingerprint density at radius 1 is 1.24 bits per heavy atom. The van der Waals surface area contributed by atoms with Gasteiger partial charge in [-0.3, -0.25) is 20.4 Å². The Balaban J connectivity index is 1.84. The van der Waals surface area contributed by atoms with E-state index in [9.17, 15) is 9.59 Å². The molecule has 0 aliphatic heterocycles. The Labute approximate surface area is 126 Å². The predicted octanol–water partition coefficient (Wildman–Crippen LogP) is 1.90. The second-order valence-electron chi connectivity index (χ2n) is 4.24. The predicted molar refractivity (Wildman–Crippen MR) is 77.9 cm³/mol. The lowest BCUT2D eigenvalue weighted by Crippen LogP contribution is -2.47. The molecule has 0 radical (unpaired) electrons. The molecule has 0 saturated heterocycles. The summed E-state index contributed by atoms with van der Waals surface area (Å²) in [6.07, 6.45) is 0.828. The zero-order valence-electron chi connectivity index (χ0n) is 11.2. The van der Waals surface area contributed by atoms with Gasteiger partial charge in [-0.1, -0.05) is 17.7 Å². The van der Waals surface area contributed by atoms with Crippen LogP contribution in [0.4, 0.5) is 0 Å². The molecule has 1 atom stereocenters. The average Bonchev–Trinajstić information content (AvgIpc) is 2.98. The number of nitrogens with one attached hydrogen (secondary N) is 3. The Morgan fingerprint density at radius 3 is 2.71 bits per heavy atom. The van der Waals surface area contributed by atoms with Gasteiger partial charge in [0.2, 0.25) is 0 Å². The maximum absolute atomic E-state index is 11.8. The number of carbonyl (C=O) groups is 2. The number of halogens is 1. The molecular formula is C14H14ClN3O3. The number of H-pyrrole nitrogens is 1. The maximum atomic E-state index is 11.8. The molecule has 2 amide bonds. The van der Waals surface area contributed by atoms with Crippen LogP contribution in [0.15, 0.2) is 42.6 Å². The number of ether oxygens (including phenoxy) is 1. The Bertz CT molecular complexity index is 628. The van der Waals surface area contributed by atoms with Crippen LogP contribution in [0.3, 0.4) is 0 Å². The highest BCUT2D eigenvalue weighted by Gasteiger charge is 2.16. The van der Waals surface area contributed by atoms with Crippen molar-refractivity contribution in [2.45, 2.75) is 13.0 Å². The van der Waals surface area contributed by atoms with Gasteiger partial charge in [-0.15, -0.1) is 0 Å². The minimum absolute atomic E-state index is 0.346. The van der Waals surface area contributed by atoms with E-state index in [1.165, 1.54) is 0 Å². The van der Waals surface area contributed by atoms with E-state index in [-0.39, 0.29) is 0 Å². The number of rotatable bonds is 4. The fraction of sp³-hybridized carbons (Fsp3) is 0.143. The van der Waals surface area contributed by atoms with Crippen LogP contribution in [-0.2, 0) is 4.79 Å². The van der Waals surface area contributed by atoms with Crippen LogP contribution in [0.5, 0.6) is 5.75 Å². The quantitative estimate of drug-likeness (QED) is 0.754. The monoisotopic (exact) mass is 307 g/mol. The first-order valence-electron chi connectivity index (χ1n) is 6.22. The van der Waals surface area contributed by atoms with E-state index in [4.69, 9.17) is 16.3 Å². The number of aromatic nitrogens is 1. The SMILES string of the molecule is CC(Oc1cccc(Cl)c1)C(=O)NNC(=O)c1ccc[nH]1. The zero-order chi connectivity index (χ0) is 15.2. The van der Waals surface area contributed by atoms with Crippen LogP contribution in [0.25, 0.3) is 0 Å². The van der Waals surface area contributed by atoms with Gasteiger partial charge in [0.15, 0.2) is 6.10 Å². The van der Waals surface area contributed by atoms with E-state index >= 15 is 0 Å². The summed E-state index contributed by atoms with van der Waals surface area (Å²) in [6.45, 7) is 1.57. The summed E-state index contributed by atoms with van der Waals surface area (Å²) in [5.41, 5.74) is 4.92. The van der Waals surface area contributed by atoms with Gasteiger partial charge in [0.25, 0.3) is 11.8 Å². The van der Waals surface area contributed by atoms with E-state index in [1.54, 1.807) is 49.5 Å². The van der Waals surface area contributed by atoms with Gasteiger partial charge in [-0.2, -0.15) is 0 Å². The average molecular weight is 308 g/mol. The molecule has 110 valence electrons. The number of hydrazine groups is 1. The molecule has 6 nitrogen and oxygen atoms in total. The number of hydrogen-bond acceptors (Lipinski definition) is 3. The third kappa shape index (κ3) is 4.25. The number of carbonyl (C=O) groups excluding carboxylic acids is 2. The van der Waals surface area contributed by atoms with Gasteiger partial charge in [-0.25, -0.2) is 0 Å². The third-order valence-electron chi connectivity index (χ3n) is 2.62. The van der Waals surface area contributed by atoms with Crippen molar-refractivity contribution in [3.8, 4) is 5.75 Å². The van der Waals surface area contributed by atoms with E-state index in [0.29, 0.717) is 16.5 Å². The highest BCUT2D eigenvalue weighted by molar-refractivity contribution is 6.30. The standard InChI is InChI=1S/C14H14ClN3O3/c1-9(21-11-5-2-4-10(15)8-11)13(19)17-18-14(20)12-6-3-7-16-12/h2-9,16H,1H3,(H,17,19)(H,18,20). The Kier molecular flexibility index (Phi) is 4.84. The highest BCUT2D eigenvalue weighted by atomic mass is 35.5. The molecule has 0 aliphatic rings. The molecule has 0 spiro atoms. The van der Waals surface area contributed by atoms with Crippen molar-refractivity contribution < 1.29 is 14.3 Å². The molecule has 0 saturated carbocycles. The molecule has 7 heteroatoms. The van der Waals surface area contributed by atoms with Gasteiger partial charge in [0.05, 0.1) is 0 Å². The maximum Gasteiger partial charge on any atom is 0.286 e. The van der Waals surface area contributed by atoms with Gasteiger partial charge in [0, 0.05) is 11.2 Å². The van der Waals surface area contributed by atoms with Crippen LogP contribution in [0.2, 0.25) is 5.02 Å². The first kappa shape index (κ1) is 14.9. The van der Waals surface area contributed by atoms with E-state index in [2.05, 4.69) is 15.8 Å². The largest absolute Gasteiger partial charge is 0.481 e. The lowest BCUT2D eigenvalue weighted by Gasteiger charge is -2.15.